The minimum Gasteiger partial charge on any atom is -0.288 e. The second kappa shape index (κ2) is 9.48. The van der Waals surface area contributed by atoms with Crippen molar-refractivity contribution in [3.63, 3.8) is 0 Å². The molecule has 0 aliphatic carbocycles. The van der Waals surface area contributed by atoms with E-state index in [4.69, 9.17) is 4.18 Å². The molecule has 0 amide bonds. The number of rotatable bonds is 9. The fourth-order valence-electron chi connectivity index (χ4n) is 2.77. The molecule has 138 valence electrons. The van der Waals surface area contributed by atoms with Crippen LogP contribution < -0.4 is 0 Å². The van der Waals surface area contributed by atoms with Gasteiger partial charge in [-0.3, -0.25) is 9.08 Å². The predicted octanol–water partition coefficient (Wildman–Crippen LogP) is 3.19. The first-order chi connectivity index (χ1) is 12.4. The van der Waals surface area contributed by atoms with Crippen LogP contribution in [0.2, 0.25) is 0 Å². The summed E-state index contributed by atoms with van der Waals surface area (Å²) >= 11 is 0. The summed E-state index contributed by atoms with van der Waals surface area (Å²) in [7, 11) is -3.58. The molecule has 0 fully saturated rings. The van der Waals surface area contributed by atoms with Crippen LogP contribution >= 0.6 is 0 Å². The average molecular weight is 372 g/mol. The predicted molar refractivity (Wildman–Crippen MR) is 101 cm³/mol. The van der Waals surface area contributed by atoms with E-state index in [0.29, 0.717) is 13.1 Å². The summed E-state index contributed by atoms with van der Waals surface area (Å²) in [6, 6.07) is 21.7. The van der Waals surface area contributed by atoms with E-state index in [-0.39, 0.29) is 18.6 Å². The van der Waals surface area contributed by atoms with Crippen molar-refractivity contribution >= 4 is 10.1 Å². The minimum atomic E-state index is -3.58. The lowest BCUT2D eigenvalue weighted by Crippen LogP contribution is -2.42. The Hall–Kier alpha value is -2.20. The zero-order chi connectivity index (χ0) is 19.0. The molecule has 0 aliphatic rings. The molecular weight excluding hydrogens is 348 g/mol. The largest absolute Gasteiger partial charge is 0.288 e. The van der Waals surface area contributed by atoms with Gasteiger partial charge in [-0.05, 0) is 18.1 Å². The topological polar surface area (TPSA) is 70.4 Å². The van der Waals surface area contributed by atoms with Gasteiger partial charge in [-0.2, -0.15) is 13.7 Å². The average Bonchev–Trinajstić information content (AvgIpc) is 2.62. The van der Waals surface area contributed by atoms with Gasteiger partial charge in [0.05, 0.1) is 30.9 Å². The molecule has 2 rings (SSSR count). The summed E-state index contributed by atoms with van der Waals surface area (Å²) in [6.07, 6.45) is 1.03. The van der Waals surface area contributed by atoms with Crippen molar-refractivity contribution in [2.75, 3.05) is 12.9 Å². The van der Waals surface area contributed by atoms with Gasteiger partial charge >= 0.3 is 0 Å². The van der Waals surface area contributed by atoms with Crippen molar-refractivity contribution in [1.29, 1.82) is 5.26 Å². The fourth-order valence-corrected chi connectivity index (χ4v) is 3.16. The number of benzene rings is 2. The Balaban J connectivity index is 2.28. The molecule has 0 unspecified atom stereocenters. The maximum atomic E-state index is 11.5. The van der Waals surface area contributed by atoms with Gasteiger partial charge in [0, 0.05) is 13.1 Å². The SMILES string of the molecule is C[C@@H](C#N)[C@H](COS(C)(=O)=O)N(Cc1ccccc1)Cc1ccccc1. The van der Waals surface area contributed by atoms with Crippen LogP contribution in [0, 0.1) is 17.2 Å². The Morgan fingerprint density at radius 3 is 1.85 bits per heavy atom. The van der Waals surface area contributed by atoms with Crippen LogP contribution in [0.15, 0.2) is 60.7 Å². The van der Waals surface area contributed by atoms with Crippen molar-refractivity contribution in [3.8, 4) is 6.07 Å². The van der Waals surface area contributed by atoms with Gasteiger partial charge in [0.1, 0.15) is 0 Å². The molecule has 26 heavy (non-hydrogen) atoms. The fraction of sp³-hybridized carbons (Fsp3) is 0.350. The Kier molecular flexibility index (Phi) is 7.34. The molecule has 2 aromatic carbocycles. The summed E-state index contributed by atoms with van der Waals surface area (Å²) in [5.41, 5.74) is 2.19. The Morgan fingerprint density at radius 1 is 1.00 bits per heavy atom. The second-order valence-electron chi connectivity index (χ2n) is 6.35. The Bertz CT molecular complexity index is 776. The first-order valence-electron chi connectivity index (χ1n) is 8.45. The molecule has 0 heterocycles. The molecule has 0 spiro atoms. The molecule has 0 radical (unpaired) electrons. The summed E-state index contributed by atoms with van der Waals surface area (Å²) in [6.45, 7) is 2.94. The summed E-state index contributed by atoms with van der Waals surface area (Å²) < 4.78 is 28.0. The third kappa shape index (κ3) is 6.60. The van der Waals surface area contributed by atoms with Gasteiger partial charge < -0.3 is 0 Å². The quantitative estimate of drug-likeness (QED) is 0.632. The number of nitrogens with zero attached hydrogens (tertiary/aromatic N) is 2. The van der Waals surface area contributed by atoms with E-state index < -0.39 is 10.1 Å². The van der Waals surface area contributed by atoms with E-state index in [1.807, 2.05) is 60.7 Å². The molecule has 0 aromatic heterocycles. The van der Waals surface area contributed by atoms with Gasteiger partial charge in [0.25, 0.3) is 10.1 Å². The number of nitriles is 1. The smallest absolute Gasteiger partial charge is 0.264 e. The molecule has 0 bridgehead atoms. The maximum Gasteiger partial charge on any atom is 0.264 e. The van der Waals surface area contributed by atoms with Crippen molar-refractivity contribution in [2.24, 2.45) is 5.92 Å². The monoisotopic (exact) mass is 372 g/mol. The zero-order valence-corrected chi connectivity index (χ0v) is 15.9. The standard InChI is InChI=1S/C20H24N2O3S/c1-17(13-21)20(16-25-26(2,23)24)22(14-18-9-5-3-6-10-18)15-19-11-7-4-8-12-19/h3-12,17,20H,14-16H2,1-2H3/t17-,20-/m0/s1. The Morgan fingerprint density at radius 2 is 1.46 bits per heavy atom. The van der Waals surface area contributed by atoms with E-state index in [0.717, 1.165) is 17.4 Å². The van der Waals surface area contributed by atoms with Crippen LogP contribution in [0.25, 0.3) is 0 Å². The molecule has 0 saturated carbocycles. The van der Waals surface area contributed by atoms with Crippen molar-refractivity contribution in [2.45, 2.75) is 26.1 Å². The van der Waals surface area contributed by atoms with E-state index in [1.165, 1.54) is 0 Å². The first-order valence-corrected chi connectivity index (χ1v) is 10.3. The van der Waals surface area contributed by atoms with E-state index in [9.17, 15) is 13.7 Å². The minimum absolute atomic E-state index is 0.0484. The molecule has 0 aliphatic heterocycles. The highest BCUT2D eigenvalue weighted by atomic mass is 32.2. The van der Waals surface area contributed by atoms with Crippen molar-refractivity contribution < 1.29 is 12.6 Å². The highest BCUT2D eigenvalue weighted by Gasteiger charge is 2.26. The van der Waals surface area contributed by atoms with Crippen molar-refractivity contribution in [3.05, 3.63) is 71.8 Å². The van der Waals surface area contributed by atoms with Crippen LogP contribution in [0.4, 0.5) is 0 Å². The first kappa shape index (κ1) is 20.1. The second-order valence-corrected chi connectivity index (χ2v) is 7.99. The third-order valence-electron chi connectivity index (χ3n) is 4.16. The molecule has 0 saturated heterocycles. The lowest BCUT2D eigenvalue weighted by Gasteiger charge is -2.33. The summed E-state index contributed by atoms with van der Waals surface area (Å²) in [5, 5.41) is 9.43. The van der Waals surface area contributed by atoms with Gasteiger partial charge in [0.2, 0.25) is 0 Å². The molecule has 5 nitrogen and oxygen atoms in total. The van der Waals surface area contributed by atoms with Gasteiger partial charge in [-0.25, -0.2) is 0 Å². The van der Waals surface area contributed by atoms with E-state index in [1.54, 1.807) is 6.92 Å². The highest BCUT2D eigenvalue weighted by Crippen LogP contribution is 2.19. The lowest BCUT2D eigenvalue weighted by atomic mass is 10.0. The van der Waals surface area contributed by atoms with Crippen LogP contribution in [-0.2, 0) is 27.4 Å². The molecule has 2 aromatic rings. The van der Waals surface area contributed by atoms with Crippen LogP contribution in [-0.4, -0.2) is 32.2 Å². The highest BCUT2D eigenvalue weighted by molar-refractivity contribution is 7.85. The van der Waals surface area contributed by atoms with Gasteiger partial charge in [-0.15, -0.1) is 0 Å². The van der Waals surface area contributed by atoms with E-state index in [2.05, 4.69) is 11.0 Å². The van der Waals surface area contributed by atoms with E-state index >= 15 is 0 Å². The molecule has 6 heteroatoms. The summed E-state index contributed by atoms with van der Waals surface area (Å²) in [5.74, 6) is -0.385. The van der Waals surface area contributed by atoms with Gasteiger partial charge in [-0.1, -0.05) is 60.7 Å². The van der Waals surface area contributed by atoms with Crippen LogP contribution in [0.1, 0.15) is 18.1 Å². The maximum absolute atomic E-state index is 11.5. The van der Waals surface area contributed by atoms with Crippen molar-refractivity contribution in [1.82, 2.24) is 4.90 Å². The normalized spacial score (nSPS) is 13.9. The molecule has 2 atom stereocenters. The van der Waals surface area contributed by atoms with Crippen LogP contribution in [0.3, 0.4) is 0 Å². The third-order valence-corrected chi connectivity index (χ3v) is 4.72. The van der Waals surface area contributed by atoms with Crippen LogP contribution in [0.5, 0.6) is 0 Å². The molecular formula is C20H24N2O3S. The summed E-state index contributed by atoms with van der Waals surface area (Å²) in [4.78, 5) is 2.10. The van der Waals surface area contributed by atoms with Gasteiger partial charge in [0.15, 0.2) is 0 Å². The Labute approximate surface area is 156 Å². The zero-order valence-electron chi connectivity index (χ0n) is 15.1. The lowest BCUT2D eigenvalue weighted by molar-refractivity contribution is 0.101. The molecule has 0 N–H and O–H groups in total. The number of hydrogen-bond acceptors (Lipinski definition) is 5. The number of hydrogen-bond donors (Lipinski definition) is 0.